The van der Waals surface area contributed by atoms with Crippen LogP contribution in [-0.2, 0) is 11.8 Å². The van der Waals surface area contributed by atoms with E-state index in [-0.39, 0.29) is 17.9 Å². The lowest BCUT2D eigenvalue weighted by molar-refractivity contribution is 0.0572. The van der Waals surface area contributed by atoms with E-state index < -0.39 is 0 Å². The fraction of sp³-hybridized carbons (Fsp3) is 0.304. The Bertz CT molecular complexity index is 1010. The number of methoxy groups -OCH3 is 1. The highest BCUT2D eigenvalue weighted by Gasteiger charge is 2.28. The van der Waals surface area contributed by atoms with E-state index in [0.29, 0.717) is 24.5 Å². The van der Waals surface area contributed by atoms with Gasteiger partial charge in [-0.2, -0.15) is 0 Å². The first-order chi connectivity index (χ1) is 14.1. The summed E-state index contributed by atoms with van der Waals surface area (Å²) in [5.41, 5.74) is 3.38. The van der Waals surface area contributed by atoms with Crippen LogP contribution in [0.5, 0.6) is 0 Å². The van der Waals surface area contributed by atoms with Gasteiger partial charge in [0, 0.05) is 38.1 Å². The summed E-state index contributed by atoms with van der Waals surface area (Å²) < 4.78 is 8.81. The molecule has 0 unspecified atom stereocenters. The second kappa shape index (κ2) is 7.99. The Balaban J connectivity index is 1.46. The molecule has 6 heteroatoms. The molecule has 0 bridgehead atoms. The van der Waals surface area contributed by atoms with Crippen molar-refractivity contribution in [3.63, 3.8) is 0 Å². The Morgan fingerprint density at radius 3 is 2.34 bits per heavy atom. The fourth-order valence-electron chi connectivity index (χ4n) is 4.12. The molecule has 1 aliphatic rings. The molecule has 6 nitrogen and oxygen atoms in total. The van der Waals surface area contributed by atoms with E-state index in [1.807, 2.05) is 75.8 Å². The normalized spacial score (nSPS) is 14.8. The number of nitrogens with zero attached hydrogens (tertiary/aromatic N) is 3. The third-order valence-electron chi connectivity index (χ3n) is 5.73. The van der Waals surface area contributed by atoms with Crippen LogP contribution in [0.1, 0.15) is 39.9 Å². The molecule has 3 heterocycles. The largest absolute Gasteiger partial charge is 0.464 e. The van der Waals surface area contributed by atoms with Crippen LogP contribution in [0.15, 0.2) is 60.8 Å². The molecule has 0 spiro atoms. The lowest BCUT2D eigenvalue weighted by Gasteiger charge is -2.33. The number of amides is 1. The molecule has 0 aliphatic carbocycles. The number of carbonyl (C=O) groups excluding carboxylic acids is 2. The van der Waals surface area contributed by atoms with E-state index in [9.17, 15) is 9.59 Å². The van der Waals surface area contributed by atoms with Gasteiger partial charge in [0.05, 0.1) is 7.11 Å². The van der Waals surface area contributed by atoms with Gasteiger partial charge in [-0.1, -0.05) is 30.3 Å². The van der Waals surface area contributed by atoms with Crippen LogP contribution in [0.4, 0.5) is 0 Å². The van der Waals surface area contributed by atoms with Gasteiger partial charge in [-0.05, 0) is 42.7 Å². The van der Waals surface area contributed by atoms with Gasteiger partial charge in [0.1, 0.15) is 11.4 Å². The van der Waals surface area contributed by atoms with Crippen molar-refractivity contribution in [3.8, 4) is 11.3 Å². The summed E-state index contributed by atoms with van der Waals surface area (Å²) >= 11 is 0. The van der Waals surface area contributed by atoms with Gasteiger partial charge >= 0.3 is 5.97 Å². The standard InChI is InChI=1S/C23H25N3O3/c1-24-19(17-7-4-3-5-8-17)10-11-20(24)22(27)25-15-12-18(13-16-25)26-14-6-9-21(26)23(28)29-2/h3-11,14,18H,12-13,15-16H2,1-2H3. The smallest absolute Gasteiger partial charge is 0.354 e. The summed E-state index contributed by atoms with van der Waals surface area (Å²) in [6.07, 6.45) is 3.53. The second-order valence-electron chi connectivity index (χ2n) is 7.34. The number of hydrogen-bond donors (Lipinski definition) is 0. The lowest BCUT2D eigenvalue weighted by atomic mass is 10.0. The van der Waals surface area contributed by atoms with Crippen molar-refractivity contribution >= 4 is 11.9 Å². The molecule has 1 aliphatic heterocycles. The van der Waals surface area contributed by atoms with Crippen molar-refractivity contribution in [2.75, 3.05) is 20.2 Å². The number of esters is 1. The third-order valence-corrected chi connectivity index (χ3v) is 5.73. The van der Waals surface area contributed by atoms with E-state index in [1.165, 1.54) is 7.11 Å². The Morgan fingerprint density at radius 2 is 1.66 bits per heavy atom. The summed E-state index contributed by atoms with van der Waals surface area (Å²) in [4.78, 5) is 27.0. The Morgan fingerprint density at radius 1 is 0.931 bits per heavy atom. The van der Waals surface area contributed by atoms with Crippen LogP contribution in [0, 0.1) is 0 Å². The average Bonchev–Trinajstić information content (AvgIpc) is 3.40. The zero-order valence-corrected chi connectivity index (χ0v) is 16.7. The molecule has 0 saturated carbocycles. The Kier molecular flexibility index (Phi) is 5.25. The number of hydrogen-bond acceptors (Lipinski definition) is 3. The summed E-state index contributed by atoms with van der Waals surface area (Å²) in [7, 11) is 3.33. The molecule has 29 heavy (non-hydrogen) atoms. The highest BCUT2D eigenvalue weighted by Crippen LogP contribution is 2.27. The molecule has 1 fully saturated rings. The summed E-state index contributed by atoms with van der Waals surface area (Å²) in [6, 6.07) is 17.8. The number of aromatic nitrogens is 2. The molecule has 0 atom stereocenters. The van der Waals surface area contributed by atoms with Crippen molar-refractivity contribution in [3.05, 3.63) is 72.2 Å². The first-order valence-electron chi connectivity index (χ1n) is 9.85. The summed E-state index contributed by atoms with van der Waals surface area (Å²) in [5.74, 6) is -0.278. The minimum absolute atomic E-state index is 0.0498. The highest BCUT2D eigenvalue weighted by molar-refractivity contribution is 5.94. The van der Waals surface area contributed by atoms with Crippen molar-refractivity contribution < 1.29 is 14.3 Å². The molecular weight excluding hydrogens is 366 g/mol. The SMILES string of the molecule is COC(=O)c1cccn1C1CCN(C(=O)c2ccc(-c3ccccc3)n2C)CC1. The van der Waals surface area contributed by atoms with Gasteiger partial charge < -0.3 is 18.8 Å². The van der Waals surface area contributed by atoms with Crippen molar-refractivity contribution in [1.82, 2.24) is 14.0 Å². The minimum atomic E-state index is -0.328. The van der Waals surface area contributed by atoms with Crippen molar-refractivity contribution in [2.45, 2.75) is 18.9 Å². The van der Waals surface area contributed by atoms with Crippen LogP contribution in [0.2, 0.25) is 0 Å². The molecule has 4 rings (SSSR count). The number of likely N-dealkylation sites (tertiary alicyclic amines) is 1. The van der Waals surface area contributed by atoms with E-state index in [1.54, 1.807) is 6.07 Å². The van der Waals surface area contributed by atoms with Crippen LogP contribution in [0.3, 0.4) is 0 Å². The maximum Gasteiger partial charge on any atom is 0.354 e. The van der Waals surface area contributed by atoms with E-state index >= 15 is 0 Å². The maximum absolute atomic E-state index is 13.1. The van der Waals surface area contributed by atoms with E-state index in [0.717, 1.165) is 24.1 Å². The summed E-state index contributed by atoms with van der Waals surface area (Å²) in [5, 5.41) is 0. The Labute approximate surface area is 170 Å². The zero-order chi connectivity index (χ0) is 20.4. The lowest BCUT2D eigenvalue weighted by Crippen LogP contribution is -2.40. The predicted octanol–water partition coefficient (Wildman–Crippen LogP) is 3.76. The average molecular weight is 391 g/mol. The molecular formula is C23H25N3O3. The Hall–Kier alpha value is -3.28. The van der Waals surface area contributed by atoms with Gasteiger partial charge in [0.2, 0.25) is 0 Å². The highest BCUT2D eigenvalue weighted by atomic mass is 16.5. The number of ether oxygens (including phenoxy) is 1. The topological polar surface area (TPSA) is 56.5 Å². The minimum Gasteiger partial charge on any atom is -0.464 e. The number of carbonyl (C=O) groups is 2. The molecule has 1 saturated heterocycles. The zero-order valence-electron chi connectivity index (χ0n) is 16.7. The van der Waals surface area contributed by atoms with Crippen molar-refractivity contribution in [1.29, 1.82) is 0 Å². The maximum atomic E-state index is 13.1. The number of benzene rings is 1. The van der Waals surface area contributed by atoms with Crippen LogP contribution in [0.25, 0.3) is 11.3 Å². The molecule has 3 aromatic rings. The molecule has 0 N–H and O–H groups in total. The first kappa shape index (κ1) is 19.1. The van der Waals surface area contributed by atoms with Crippen LogP contribution >= 0.6 is 0 Å². The van der Waals surface area contributed by atoms with Gasteiger partial charge in [0.25, 0.3) is 5.91 Å². The molecule has 0 radical (unpaired) electrons. The number of rotatable bonds is 4. The van der Waals surface area contributed by atoms with Gasteiger partial charge in [-0.3, -0.25) is 4.79 Å². The quantitative estimate of drug-likeness (QED) is 0.637. The third kappa shape index (κ3) is 3.58. The molecule has 1 amide bonds. The summed E-state index contributed by atoms with van der Waals surface area (Å²) in [6.45, 7) is 1.32. The monoisotopic (exact) mass is 391 g/mol. The van der Waals surface area contributed by atoms with Gasteiger partial charge in [-0.25, -0.2) is 4.79 Å². The fourth-order valence-corrected chi connectivity index (χ4v) is 4.12. The van der Waals surface area contributed by atoms with Gasteiger partial charge in [-0.15, -0.1) is 0 Å². The predicted molar refractivity (Wildman–Crippen MR) is 111 cm³/mol. The van der Waals surface area contributed by atoms with E-state index in [4.69, 9.17) is 4.74 Å². The number of piperidine rings is 1. The van der Waals surface area contributed by atoms with Crippen LogP contribution in [-0.4, -0.2) is 46.1 Å². The molecule has 1 aromatic carbocycles. The second-order valence-corrected chi connectivity index (χ2v) is 7.34. The van der Waals surface area contributed by atoms with Gasteiger partial charge in [0.15, 0.2) is 0 Å². The van der Waals surface area contributed by atoms with E-state index in [2.05, 4.69) is 0 Å². The molecule has 2 aromatic heterocycles. The molecule has 150 valence electrons. The first-order valence-corrected chi connectivity index (χ1v) is 9.85. The van der Waals surface area contributed by atoms with Crippen molar-refractivity contribution in [2.24, 2.45) is 7.05 Å². The van der Waals surface area contributed by atoms with Crippen LogP contribution < -0.4 is 0 Å².